The van der Waals surface area contributed by atoms with Crippen LogP contribution in [-0.2, 0) is 4.74 Å². The van der Waals surface area contributed by atoms with Gasteiger partial charge in [-0.25, -0.2) is 9.78 Å². The van der Waals surface area contributed by atoms with Crippen molar-refractivity contribution in [3.05, 3.63) is 52.2 Å². The summed E-state index contributed by atoms with van der Waals surface area (Å²) >= 11 is 0. The Morgan fingerprint density at radius 1 is 1.41 bits per heavy atom. The molecule has 1 N–H and O–H groups in total. The largest absolute Gasteiger partial charge is 0.495 e. The smallest absolute Gasteiger partial charge is 0.345 e. The van der Waals surface area contributed by atoms with Crippen molar-refractivity contribution in [1.82, 2.24) is 9.55 Å². The van der Waals surface area contributed by atoms with Gasteiger partial charge in [-0.05, 0) is 38.8 Å². The minimum atomic E-state index is -0.659. The summed E-state index contributed by atoms with van der Waals surface area (Å²) in [7, 11) is 1.59. The molecule has 1 atom stereocenters. The molecule has 1 aliphatic rings. The van der Waals surface area contributed by atoms with Gasteiger partial charge in [0.15, 0.2) is 5.82 Å². The summed E-state index contributed by atoms with van der Waals surface area (Å²) in [5.74, 6) is 0.456. The molecule has 27 heavy (non-hydrogen) atoms. The number of nitrogens with one attached hydrogen (secondary N) is 1. The van der Waals surface area contributed by atoms with Crippen LogP contribution in [0.1, 0.15) is 48.9 Å². The van der Waals surface area contributed by atoms with Gasteiger partial charge in [0.2, 0.25) is 0 Å². The molecule has 8 nitrogen and oxygen atoms in total. The number of benzene rings is 1. The first-order chi connectivity index (χ1) is 13.1. The number of aromatic nitrogens is 2. The Bertz CT molecular complexity index is 936. The number of rotatable bonds is 5. The molecule has 0 bridgehead atoms. The molecule has 2 aromatic rings. The lowest BCUT2D eigenvalue weighted by atomic mass is 10.0. The average molecular weight is 370 g/mol. The number of carbonyl (C=O) groups excluding carboxylic acids is 1. The van der Waals surface area contributed by atoms with Crippen molar-refractivity contribution in [1.29, 1.82) is 0 Å². The van der Waals surface area contributed by atoms with Crippen molar-refractivity contribution >= 4 is 17.4 Å². The van der Waals surface area contributed by atoms with Crippen LogP contribution in [0.5, 0.6) is 5.75 Å². The van der Waals surface area contributed by atoms with E-state index in [4.69, 9.17) is 9.47 Å². The summed E-state index contributed by atoms with van der Waals surface area (Å²) in [6.07, 6.45) is 2.64. The lowest BCUT2D eigenvalue weighted by Gasteiger charge is -2.25. The Kier molecular flexibility index (Phi) is 5.54. The van der Waals surface area contributed by atoms with Gasteiger partial charge in [-0.2, -0.15) is 5.10 Å². The molecular weight excluding hydrogens is 348 g/mol. The molecule has 0 radical (unpaired) electrons. The summed E-state index contributed by atoms with van der Waals surface area (Å²) in [5, 5.41) is 4.44. The van der Waals surface area contributed by atoms with Crippen LogP contribution in [0, 0.1) is 0 Å². The van der Waals surface area contributed by atoms with E-state index in [1.165, 1.54) is 10.8 Å². The summed E-state index contributed by atoms with van der Waals surface area (Å²) in [6, 6.07) is 7.33. The SMILES string of the molecule is CCOC(=O)c1cnc2n(c1=O)C(C)CC/C2=N/Nc1ccccc1OC. The number of anilines is 1. The molecule has 0 saturated carbocycles. The number of fused-ring (bicyclic) bond motifs is 1. The van der Waals surface area contributed by atoms with Gasteiger partial charge < -0.3 is 9.47 Å². The van der Waals surface area contributed by atoms with Gasteiger partial charge in [0.25, 0.3) is 5.56 Å². The number of hydrogen-bond acceptors (Lipinski definition) is 7. The van der Waals surface area contributed by atoms with Gasteiger partial charge in [-0.3, -0.25) is 14.8 Å². The van der Waals surface area contributed by atoms with Crippen molar-refractivity contribution in [3.63, 3.8) is 0 Å². The number of hydrazone groups is 1. The Labute approximate surface area is 156 Å². The number of hydrogen-bond donors (Lipinski definition) is 1. The number of esters is 1. The van der Waals surface area contributed by atoms with E-state index in [1.54, 1.807) is 14.0 Å². The normalized spacial score (nSPS) is 17.3. The number of nitrogens with zero attached hydrogens (tertiary/aromatic N) is 3. The van der Waals surface area contributed by atoms with E-state index in [2.05, 4.69) is 15.5 Å². The first-order valence-corrected chi connectivity index (χ1v) is 8.81. The maximum absolute atomic E-state index is 12.8. The minimum Gasteiger partial charge on any atom is -0.495 e. The van der Waals surface area contributed by atoms with E-state index in [1.807, 2.05) is 31.2 Å². The van der Waals surface area contributed by atoms with Crippen LogP contribution in [0.15, 0.2) is 40.4 Å². The van der Waals surface area contributed by atoms with E-state index < -0.39 is 11.5 Å². The molecule has 142 valence electrons. The molecule has 0 fully saturated rings. The highest BCUT2D eigenvalue weighted by Crippen LogP contribution is 2.25. The molecule has 0 spiro atoms. The molecule has 2 heterocycles. The Hall–Kier alpha value is -3.16. The maximum atomic E-state index is 12.8. The van der Waals surface area contributed by atoms with Gasteiger partial charge in [0.05, 0.1) is 19.4 Å². The second-order valence-corrected chi connectivity index (χ2v) is 6.15. The molecule has 1 aromatic carbocycles. The van der Waals surface area contributed by atoms with Gasteiger partial charge in [-0.1, -0.05) is 12.1 Å². The lowest BCUT2D eigenvalue weighted by molar-refractivity contribution is 0.0522. The number of methoxy groups -OCH3 is 1. The van der Waals surface area contributed by atoms with E-state index in [-0.39, 0.29) is 18.2 Å². The molecule has 8 heteroatoms. The highest BCUT2D eigenvalue weighted by molar-refractivity contribution is 5.99. The van der Waals surface area contributed by atoms with E-state index >= 15 is 0 Å². The zero-order valence-corrected chi connectivity index (χ0v) is 15.6. The number of carbonyl (C=O) groups is 1. The summed E-state index contributed by atoms with van der Waals surface area (Å²) in [5.41, 5.74) is 3.87. The standard InChI is InChI=1S/C19H22N4O4/c1-4-27-19(25)13-11-20-17-15(10-9-12(2)23(17)18(13)24)22-21-14-7-5-6-8-16(14)26-3/h5-8,11-12,21H,4,9-10H2,1-3H3/b22-15-. The zero-order chi connectivity index (χ0) is 19.4. The molecule has 1 aliphatic heterocycles. The van der Waals surface area contributed by atoms with Gasteiger partial charge in [-0.15, -0.1) is 0 Å². The molecule has 1 aromatic heterocycles. The predicted octanol–water partition coefficient (Wildman–Crippen LogP) is 2.60. The summed E-state index contributed by atoms with van der Waals surface area (Å²) in [6.45, 7) is 3.81. The van der Waals surface area contributed by atoms with Crippen LogP contribution in [-0.4, -0.2) is 34.9 Å². The second-order valence-electron chi connectivity index (χ2n) is 6.15. The minimum absolute atomic E-state index is 0.0635. The van der Waals surface area contributed by atoms with Crippen LogP contribution in [0.4, 0.5) is 5.69 Å². The van der Waals surface area contributed by atoms with Crippen LogP contribution in [0.2, 0.25) is 0 Å². The fourth-order valence-corrected chi connectivity index (χ4v) is 3.00. The zero-order valence-electron chi connectivity index (χ0n) is 15.6. The number of ether oxygens (including phenoxy) is 2. The third-order valence-electron chi connectivity index (χ3n) is 4.40. The lowest BCUT2D eigenvalue weighted by Crippen LogP contribution is -2.37. The van der Waals surface area contributed by atoms with Gasteiger partial charge >= 0.3 is 5.97 Å². The summed E-state index contributed by atoms with van der Waals surface area (Å²) < 4.78 is 11.8. The predicted molar refractivity (Wildman–Crippen MR) is 102 cm³/mol. The Balaban J connectivity index is 1.98. The van der Waals surface area contributed by atoms with Crippen LogP contribution in [0.3, 0.4) is 0 Å². The Morgan fingerprint density at radius 2 is 2.19 bits per heavy atom. The summed E-state index contributed by atoms with van der Waals surface area (Å²) in [4.78, 5) is 29.1. The molecule has 1 unspecified atom stereocenters. The Morgan fingerprint density at radius 3 is 2.93 bits per heavy atom. The van der Waals surface area contributed by atoms with Crippen molar-refractivity contribution < 1.29 is 14.3 Å². The molecule has 0 aliphatic carbocycles. The highest BCUT2D eigenvalue weighted by Gasteiger charge is 2.27. The van der Waals surface area contributed by atoms with Crippen LogP contribution < -0.4 is 15.7 Å². The third-order valence-corrected chi connectivity index (χ3v) is 4.40. The molecular formula is C19H22N4O4. The number of para-hydroxylation sites is 2. The van der Waals surface area contributed by atoms with Crippen molar-refractivity contribution in [2.24, 2.45) is 5.10 Å². The van der Waals surface area contributed by atoms with Crippen molar-refractivity contribution in [2.45, 2.75) is 32.7 Å². The van der Waals surface area contributed by atoms with E-state index in [9.17, 15) is 9.59 Å². The first-order valence-electron chi connectivity index (χ1n) is 8.81. The van der Waals surface area contributed by atoms with E-state index in [0.29, 0.717) is 35.8 Å². The topological polar surface area (TPSA) is 94.8 Å². The highest BCUT2D eigenvalue weighted by atomic mass is 16.5. The quantitative estimate of drug-likeness (QED) is 0.642. The average Bonchev–Trinajstić information content (AvgIpc) is 2.68. The second kappa shape index (κ2) is 8.03. The van der Waals surface area contributed by atoms with Crippen molar-refractivity contribution in [2.75, 3.05) is 19.1 Å². The molecule has 3 rings (SSSR count). The first kappa shape index (κ1) is 18.6. The van der Waals surface area contributed by atoms with Crippen molar-refractivity contribution in [3.8, 4) is 5.75 Å². The fourth-order valence-electron chi connectivity index (χ4n) is 3.00. The van der Waals surface area contributed by atoms with Gasteiger partial charge in [0, 0.05) is 12.2 Å². The monoisotopic (exact) mass is 370 g/mol. The fraction of sp³-hybridized carbons (Fsp3) is 0.368. The van der Waals surface area contributed by atoms with Crippen LogP contribution in [0.25, 0.3) is 0 Å². The van der Waals surface area contributed by atoms with E-state index in [0.717, 1.165) is 0 Å². The van der Waals surface area contributed by atoms with Gasteiger partial charge in [0.1, 0.15) is 17.0 Å². The molecule has 0 saturated heterocycles. The molecule has 0 amide bonds. The third kappa shape index (κ3) is 3.69. The van der Waals surface area contributed by atoms with Crippen LogP contribution >= 0.6 is 0 Å². The maximum Gasteiger partial charge on any atom is 0.345 e.